The molecule has 0 radical (unpaired) electrons. The normalized spacial score (nSPS) is 14.9. The fourth-order valence-electron chi connectivity index (χ4n) is 3.38. The molecule has 2 N–H and O–H groups in total. The van der Waals surface area contributed by atoms with Crippen LogP contribution in [0.15, 0.2) is 42.9 Å². The first-order valence-electron chi connectivity index (χ1n) is 9.01. The van der Waals surface area contributed by atoms with Gasteiger partial charge >= 0.3 is 0 Å². The van der Waals surface area contributed by atoms with Gasteiger partial charge in [0.1, 0.15) is 11.5 Å². The van der Waals surface area contributed by atoms with Crippen LogP contribution in [0.2, 0.25) is 0 Å². The maximum atomic E-state index is 12.5. The minimum Gasteiger partial charge on any atom is -0.337 e. The molecule has 3 aromatic rings. The van der Waals surface area contributed by atoms with Gasteiger partial charge in [-0.15, -0.1) is 0 Å². The summed E-state index contributed by atoms with van der Waals surface area (Å²) in [6, 6.07) is 7.53. The first kappa shape index (κ1) is 17.1. The Morgan fingerprint density at radius 2 is 1.96 bits per heavy atom. The Morgan fingerprint density at radius 3 is 2.70 bits per heavy atom. The number of aryl methyl sites for hydroxylation is 1. The van der Waals surface area contributed by atoms with E-state index in [9.17, 15) is 4.79 Å². The molecule has 0 spiro atoms. The first-order valence-corrected chi connectivity index (χ1v) is 9.01. The predicted octanol–water partition coefficient (Wildman–Crippen LogP) is 2.67. The van der Waals surface area contributed by atoms with Crippen LogP contribution in [-0.4, -0.2) is 49.0 Å². The second-order valence-electron chi connectivity index (χ2n) is 6.62. The second kappa shape index (κ2) is 7.53. The number of amides is 1. The van der Waals surface area contributed by atoms with E-state index in [-0.39, 0.29) is 11.8 Å². The van der Waals surface area contributed by atoms with Gasteiger partial charge in [-0.3, -0.25) is 14.9 Å². The molecule has 138 valence electrons. The van der Waals surface area contributed by atoms with E-state index in [1.165, 1.54) is 0 Å². The van der Waals surface area contributed by atoms with Crippen LogP contribution in [0.1, 0.15) is 40.6 Å². The Hall–Kier alpha value is -3.29. The third-order valence-electron chi connectivity index (χ3n) is 4.76. The van der Waals surface area contributed by atoms with E-state index in [1.807, 2.05) is 30.0 Å². The number of hydrogen-bond acceptors (Lipinski definition) is 6. The first-order chi connectivity index (χ1) is 13.2. The van der Waals surface area contributed by atoms with Crippen molar-refractivity contribution in [3.05, 3.63) is 59.9 Å². The molecule has 1 fully saturated rings. The summed E-state index contributed by atoms with van der Waals surface area (Å²) in [4.78, 5) is 27.8. The van der Waals surface area contributed by atoms with Crippen molar-refractivity contribution in [2.45, 2.75) is 25.7 Å². The van der Waals surface area contributed by atoms with E-state index in [1.54, 1.807) is 24.7 Å². The van der Waals surface area contributed by atoms with E-state index in [4.69, 9.17) is 0 Å². The molecule has 1 aliphatic rings. The molecule has 8 heteroatoms. The standard InChI is InChI=1S/C19H21N7O/c1-13-3-2-4-16(23-13)24-18-17(20-9-10-21-18)14-6-11-26(12-7-14)19(27)15-5-8-22-25-15/h2-5,8-10,14H,6-7,11-12H2,1H3,(H,22,25)(H,21,23,24). The monoisotopic (exact) mass is 363 g/mol. The van der Waals surface area contributed by atoms with Crippen LogP contribution in [0, 0.1) is 6.92 Å². The van der Waals surface area contributed by atoms with Gasteiger partial charge in [-0.1, -0.05) is 6.07 Å². The largest absolute Gasteiger partial charge is 0.337 e. The quantitative estimate of drug-likeness (QED) is 0.739. The van der Waals surface area contributed by atoms with E-state index < -0.39 is 0 Å². The lowest BCUT2D eigenvalue weighted by atomic mass is 9.93. The van der Waals surface area contributed by atoms with Crippen molar-refractivity contribution in [1.29, 1.82) is 0 Å². The number of hydrogen-bond donors (Lipinski definition) is 2. The van der Waals surface area contributed by atoms with Crippen LogP contribution in [0.5, 0.6) is 0 Å². The summed E-state index contributed by atoms with van der Waals surface area (Å²) in [5.41, 5.74) is 2.39. The van der Waals surface area contributed by atoms with Crippen LogP contribution in [0.3, 0.4) is 0 Å². The highest BCUT2D eigenvalue weighted by Crippen LogP contribution is 2.31. The topological polar surface area (TPSA) is 99.7 Å². The lowest BCUT2D eigenvalue weighted by molar-refractivity contribution is 0.0706. The summed E-state index contributed by atoms with van der Waals surface area (Å²) < 4.78 is 0. The maximum Gasteiger partial charge on any atom is 0.271 e. The Kier molecular flexibility index (Phi) is 4.78. The van der Waals surface area contributed by atoms with Gasteiger partial charge in [0, 0.05) is 43.3 Å². The van der Waals surface area contributed by atoms with Gasteiger partial charge in [0.15, 0.2) is 5.82 Å². The minimum atomic E-state index is -0.00703. The van der Waals surface area contributed by atoms with Gasteiger partial charge in [-0.05, 0) is 38.0 Å². The van der Waals surface area contributed by atoms with Gasteiger partial charge in [0.25, 0.3) is 5.91 Å². The lowest BCUT2D eigenvalue weighted by Crippen LogP contribution is -2.38. The zero-order chi connectivity index (χ0) is 18.6. The number of pyridine rings is 1. The number of carbonyl (C=O) groups excluding carboxylic acids is 1. The molecule has 1 amide bonds. The Labute approximate surface area is 157 Å². The van der Waals surface area contributed by atoms with Gasteiger partial charge in [0.05, 0.1) is 5.69 Å². The second-order valence-corrected chi connectivity index (χ2v) is 6.62. The third kappa shape index (κ3) is 3.79. The zero-order valence-electron chi connectivity index (χ0n) is 15.1. The molecule has 0 aliphatic carbocycles. The van der Waals surface area contributed by atoms with Crippen molar-refractivity contribution in [2.75, 3.05) is 18.4 Å². The van der Waals surface area contributed by atoms with E-state index in [0.29, 0.717) is 18.8 Å². The number of piperidine rings is 1. The lowest BCUT2D eigenvalue weighted by Gasteiger charge is -2.31. The van der Waals surface area contributed by atoms with E-state index >= 15 is 0 Å². The van der Waals surface area contributed by atoms with Gasteiger partial charge in [0.2, 0.25) is 0 Å². The summed E-state index contributed by atoms with van der Waals surface area (Å²) in [6.07, 6.45) is 6.67. The summed E-state index contributed by atoms with van der Waals surface area (Å²) in [6.45, 7) is 3.32. The van der Waals surface area contributed by atoms with E-state index in [0.717, 1.165) is 35.9 Å². The molecule has 0 atom stereocenters. The molecule has 0 bridgehead atoms. The molecule has 3 aromatic heterocycles. The molecule has 8 nitrogen and oxygen atoms in total. The van der Waals surface area contributed by atoms with Crippen molar-refractivity contribution in [3.8, 4) is 0 Å². The molecule has 27 heavy (non-hydrogen) atoms. The molecule has 0 unspecified atom stereocenters. The molecule has 1 aliphatic heterocycles. The molecular weight excluding hydrogens is 342 g/mol. The average Bonchev–Trinajstić information content (AvgIpc) is 3.23. The van der Waals surface area contributed by atoms with Crippen molar-refractivity contribution in [1.82, 2.24) is 30.0 Å². The fourth-order valence-corrected chi connectivity index (χ4v) is 3.38. The number of aromatic nitrogens is 5. The number of nitrogens with zero attached hydrogens (tertiary/aromatic N) is 5. The Bertz CT molecular complexity index is 917. The van der Waals surface area contributed by atoms with Gasteiger partial charge < -0.3 is 10.2 Å². The number of likely N-dealkylation sites (tertiary alicyclic amines) is 1. The molecule has 4 heterocycles. The SMILES string of the molecule is Cc1cccc(Nc2nccnc2C2CCN(C(=O)c3ccn[nH]3)CC2)n1. The molecule has 0 saturated carbocycles. The number of rotatable bonds is 4. The smallest absolute Gasteiger partial charge is 0.271 e. The highest BCUT2D eigenvalue weighted by atomic mass is 16.2. The number of nitrogens with one attached hydrogen (secondary N) is 2. The highest BCUT2D eigenvalue weighted by Gasteiger charge is 2.27. The van der Waals surface area contributed by atoms with Crippen LogP contribution in [0.25, 0.3) is 0 Å². The third-order valence-corrected chi connectivity index (χ3v) is 4.76. The summed E-state index contributed by atoms with van der Waals surface area (Å²) in [5.74, 6) is 1.72. The molecule has 4 rings (SSSR count). The Morgan fingerprint density at radius 1 is 1.15 bits per heavy atom. The van der Waals surface area contributed by atoms with Crippen molar-refractivity contribution >= 4 is 17.5 Å². The van der Waals surface area contributed by atoms with Gasteiger partial charge in [-0.2, -0.15) is 5.10 Å². The maximum absolute atomic E-state index is 12.5. The average molecular weight is 363 g/mol. The molecule has 1 saturated heterocycles. The van der Waals surface area contributed by atoms with Gasteiger partial charge in [-0.25, -0.2) is 9.97 Å². The van der Waals surface area contributed by atoms with Crippen LogP contribution in [0.4, 0.5) is 11.6 Å². The Balaban J connectivity index is 1.46. The van der Waals surface area contributed by atoms with Crippen molar-refractivity contribution in [3.63, 3.8) is 0 Å². The molecule has 0 aromatic carbocycles. The summed E-state index contributed by atoms with van der Waals surface area (Å²) in [7, 11) is 0. The minimum absolute atomic E-state index is 0.00703. The van der Waals surface area contributed by atoms with Crippen molar-refractivity contribution in [2.24, 2.45) is 0 Å². The number of H-pyrrole nitrogens is 1. The molecular formula is C19H21N7O. The number of anilines is 2. The number of carbonyl (C=O) groups is 1. The van der Waals surface area contributed by atoms with Crippen LogP contribution >= 0.6 is 0 Å². The number of aromatic amines is 1. The summed E-state index contributed by atoms with van der Waals surface area (Å²) in [5, 5.41) is 9.88. The van der Waals surface area contributed by atoms with Crippen molar-refractivity contribution < 1.29 is 4.79 Å². The van der Waals surface area contributed by atoms with E-state index in [2.05, 4.69) is 30.5 Å². The predicted molar refractivity (Wildman–Crippen MR) is 101 cm³/mol. The van der Waals surface area contributed by atoms with Crippen LogP contribution in [-0.2, 0) is 0 Å². The fraction of sp³-hybridized carbons (Fsp3) is 0.316. The zero-order valence-corrected chi connectivity index (χ0v) is 15.1. The van der Waals surface area contributed by atoms with Crippen LogP contribution < -0.4 is 5.32 Å². The summed E-state index contributed by atoms with van der Waals surface area (Å²) >= 11 is 0. The highest BCUT2D eigenvalue weighted by molar-refractivity contribution is 5.92.